The first-order chi connectivity index (χ1) is 9.87. The van der Waals surface area contributed by atoms with Crippen LogP contribution in [-0.4, -0.2) is 18.1 Å². The summed E-state index contributed by atoms with van der Waals surface area (Å²) in [5, 5.41) is 9.29. The highest BCUT2D eigenvalue weighted by atomic mass is 35.5. The number of aliphatic hydroxyl groups excluding tert-OH is 1. The summed E-state index contributed by atoms with van der Waals surface area (Å²) in [4.78, 5) is -0.0197. The molecule has 21 heavy (non-hydrogen) atoms. The van der Waals surface area contributed by atoms with E-state index in [9.17, 15) is 17.9 Å². The van der Waals surface area contributed by atoms with Crippen molar-refractivity contribution in [3.05, 3.63) is 47.0 Å². The van der Waals surface area contributed by atoms with Crippen LogP contribution in [0.4, 0.5) is 10.1 Å². The van der Waals surface area contributed by atoms with Gasteiger partial charge < -0.3 is 9.67 Å². The van der Waals surface area contributed by atoms with E-state index >= 15 is 0 Å². The summed E-state index contributed by atoms with van der Waals surface area (Å²) in [6, 6.07) is 4.77. The predicted octanol–water partition coefficient (Wildman–Crippen LogP) is 2.59. The highest BCUT2D eigenvalue weighted by Crippen LogP contribution is 2.26. The summed E-state index contributed by atoms with van der Waals surface area (Å²) in [7, 11) is -3.91. The van der Waals surface area contributed by atoms with Crippen molar-refractivity contribution >= 4 is 27.3 Å². The first-order valence-electron chi connectivity index (χ1n) is 6.15. The molecule has 8 heteroatoms. The Kier molecular flexibility index (Phi) is 4.55. The average molecular weight is 333 g/mol. The topological polar surface area (TPSA) is 71.3 Å². The van der Waals surface area contributed by atoms with Crippen LogP contribution in [0.25, 0.3) is 0 Å². The van der Waals surface area contributed by atoms with Crippen molar-refractivity contribution in [2.45, 2.75) is 25.0 Å². The number of aliphatic hydroxyl groups is 1. The first kappa shape index (κ1) is 15.8. The zero-order valence-corrected chi connectivity index (χ0v) is 12.7. The molecule has 1 aromatic heterocycles. The van der Waals surface area contributed by atoms with Crippen molar-refractivity contribution in [3.63, 3.8) is 0 Å². The highest BCUT2D eigenvalue weighted by molar-refractivity contribution is 7.92. The Morgan fingerprint density at radius 1 is 1.38 bits per heavy atom. The van der Waals surface area contributed by atoms with Crippen LogP contribution in [0.3, 0.4) is 0 Å². The van der Waals surface area contributed by atoms with Gasteiger partial charge >= 0.3 is 0 Å². The summed E-state index contributed by atoms with van der Waals surface area (Å²) in [6.07, 6.45) is 1.40. The molecule has 1 heterocycles. The molecule has 0 radical (unpaired) electrons. The molecule has 0 fully saturated rings. The lowest BCUT2D eigenvalue weighted by Crippen LogP contribution is -2.12. The van der Waals surface area contributed by atoms with Crippen molar-refractivity contribution in [1.29, 1.82) is 0 Å². The molecular weight excluding hydrogens is 319 g/mol. The van der Waals surface area contributed by atoms with Gasteiger partial charge in [-0.3, -0.25) is 4.72 Å². The number of halogens is 2. The maximum atomic E-state index is 13.2. The van der Waals surface area contributed by atoms with Gasteiger partial charge in [0.25, 0.3) is 10.0 Å². The molecule has 0 bridgehead atoms. The van der Waals surface area contributed by atoms with Gasteiger partial charge in [0, 0.05) is 18.4 Å². The molecule has 0 amide bonds. The smallest absolute Gasteiger partial charge is 0.263 e. The Morgan fingerprint density at radius 2 is 2.10 bits per heavy atom. The van der Waals surface area contributed by atoms with E-state index in [1.807, 2.05) is 6.92 Å². The van der Waals surface area contributed by atoms with Gasteiger partial charge in [-0.25, -0.2) is 12.8 Å². The van der Waals surface area contributed by atoms with E-state index in [2.05, 4.69) is 4.72 Å². The second-order valence-corrected chi connectivity index (χ2v) is 6.43. The number of rotatable bonds is 5. The van der Waals surface area contributed by atoms with Gasteiger partial charge in [0.05, 0.1) is 17.3 Å². The van der Waals surface area contributed by atoms with Gasteiger partial charge in [0.1, 0.15) is 10.7 Å². The number of anilines is 1. The molecule has 1 aromatic carbocycles. The van der Waals surface area contributed by atoms with E-state index in [1.54, 1.807) is 4.57 Å². The fourth-order valence-electron chi connectivity index (χ4n) is 1.88. The minimum absolute atomic E-state index is 0.0197. The lowest BCUT2D eigenvalue weighted by atomic mass is 10.3. The Bertz CT molecular complexity index is 737. The monoisotopic (exact) mass is 332 g/mol. The van der Waals surface area contributed by atoms with Crippen LogP contribution in [0.2, 0.25) is 5.02 Å². The Balaban J connectivity index is 2.38. The molecule has 2 rings (SSSR count). The quantitative estimate of drug-likeness (QED) is 0.884. The number of hydrogen-bond acceptors (Lipinski definition) is 3. The van der Waals surface area contributed by atoms with Gasteiger partial charge in [0.15, 0.2) is 0 Å². The second-order valence-electron chi connectivity index (χ2n) is 4.34. The third-order valence-electron chi connectivity index (χ3n) is 2.95. The normalized spacial score (nSPS) is 11.6. The molecule has 0 saturated carbocycles. The van der Waals surface area contributed by atoms with Crippen molar-refractivity contribution in [3.8, 4) is 0 Å². The Hall–Kier alpha value is -1.57. The standard InChI is InChI=1S/C13H14ClFN2O3S/c1-2-17-7-11(6-10(17)8-18)21(19,20)16-13-5-9(15)3-4-12(13)14/h3-7,16,18H,2,8H2,1H3. The lowest BCUT2D eigenvalue weighted by Gasteiger charge is -2.08. The largest absolute Gasteiger partial charge is 0.390 e. The van der Waals surface area contributed by atoms with E-state index in [0.29, 0.717) is 12.2 Å². The minimum atomic E-state index is -3.91. The average Bonchev–Trinajstić information content (AvgIpc) is 2.86. The molecule has 0 aliphatic carbocycles. The highest BCUT2D eigenvalue weighted by Gasteiger charge is 2.19. The van der Waals surface area contributed by atoms with Gasteiger partial charge in [-0.2, -0.15) is 0 Å². The lowest BCUT2D eigenvalue weighted by molar-refractivity contribution is 0.271. The van der Waals surface area contributed by atoms with Crippen LogP contribution in [0, 0.1) is 5.82 Å². The number of sulfonamides is 1. The van der Waals surface area contributed by atoms with Crippen LogP contribution >= 0.6 is 11.6 Å². The van der Waals surface area contributed by atoms with E-state index in [-0.39, 0.29) is 22.2 Å². The minimum Gasteiger partial charge on any atom is -0.390 e. The number of benzene rings is 1. The van der Waals surface area contributed by atoms with E-state index in [4.69, 9.17) is 11.6 Å². The zero-order valence-electron chi connectivity index (χ0n) is 11.2. The molecular formula is C13H14ClFN2O3S. The fraction of sp³-hybridized carbons (Fsp3) is 0.231. The molecule has 0 spiro atoms. The van der Waals surface area contributed by atoms with Crippen molar-refractivity contribution in [2.75, 3.05) is 4.72 Å². The SMILES string of the molecule is CCn1cc(S(=O)(=O)Nc2cc(F)ccc2Cl)cc1CO. The van der Waals surface area contributed by atoms with E-state index in [0.717, 1.165) is 12.1 Å². The van der Waals surface area contributed by atoms with Crippen LogP contribution in [0.15, 0.2) is 35.4 Å². The van der Waals surface area contributed by atoms with Crippen LogP contribution in [0.5, 0.6) is 0 Å². The summed E-state index contributed by atoms with van der Waals surface area (Å²) < 4.78 is 41.6. The van der Waals surface area contributed by atoms with Gasteiger partial charge in [-0.05, 0) is 31.2 Å². The third-order valence-corrected chi connectivity index (χ3v) is 4.61. The molecule has 0 aliphatic rings. The molecule has 2 N–H and O–H groups in total. The van der Waals surface area contributed by atoms with Crippen molar-refractivity contribution in [1.82, 2.24) is 4.57 Å². The van der Waals surface area contributed by atoms with Crippen molar-refractivity contribution < 1.29 is 17.9 Å². The summed E-state index contributed by atoms with van der Waals surface area (Å²) in [5.41, 5.74) is 0.440. The second kappa shape index (κ2) is 6.05. The molecule has 0 unspecified atom stereocenters. The maximum Gasteiger partial charge on any atom is 0.263 e. The molecule has 0 aliphatic heterocycles. The molecule has 0 atom stereocenters. The molecule has 2 aromatic rings. The summed E-state index contributed by atoms with van der Waals surface area (Å²) in [6.45, 7) is 2.07. The van der Waals surface area contributed by atoms with Gasteiger partial charge in [0.2, 0.25) is 0 Å². The zero-order chi connectivity index (χ0) is 15.6. The first-order valence-corrected chi connectivity index (χ1v) is 8.01. The number of nitrogens with zero attached hydrogens (tertiary/aromatic N) is 1. The van der Waals surface area contributed by atoms with Crippen LogP contribution in [0.1, 0.15) is 12.6 Å². The Morgan fingerprint density at radius 3 is 2.67 bits per heavy atom. The fourth-order valence-corrected chi connectivity index (χ4v) is 3.23. The van der Waals surface area contributed by atoms with Gasteiger partial charge in [-0.1, -0.05) is 11.6 Å². The molecule has 5 nitrogen and oxygen atoms in total. The summed E-state index contributed by atoms with van der Waals surface area (Å²) in [5.74, 6) is -0.598. The molecule has 114 valence electrons. The third kappa shape index (κ3) is 3.37. The number of hydrogen-bond donors (Lipinski definition) is 2. The summed E-state index contributed by atoms with van der Waals surface area (Å²) >= 11 is 5.84. The number of aromatic nitrogens is 1. The van der Waals surface area contributed by atoms with Crippen LogP contribution in [-0.2, 0) is 23.2 Å². The Labute approximate surface area is 127 Å². The van der Waals surface area contributed by atoms with E-state index < -0.39 is 15.8 Å². The maximum absolute atomic E-state index is 13.2. The predicted molar refractivity (Wildman–Crippen MR) is 78.2 cm³/mol. The number of aryl methyl sites for hydroxylation is 1. The number of nitrogens with one attached hydrogen (secondary N) is 1. The molecule has 0 saturated heterocycles. The van der Waals surface area contributed by atoms with Crippen molar-refractivity contribution in [2.24, 2.45) is 0 Å². The van der Waals surface area contributed by atoms with Crippen LogP contribution < -0.4 is 4.72 Å². The van der Waals surface area contributed by atoms with E-state index in [1.165, 1.54) is 18.3 Å². The van der Waals surface area contributed by atoms with Gasteiger partial charge in [-0.15, -0.1) is 0 Å².